The molecule has 0 aliphatic rings. The van der Waals surface area contributed by atoms with Gasteiger partial charge in [0.1, 0.15) is 28.6 Å². The molecule has 0 aliphatic heterocycles. The minimum atomic E-state index is -1.10. The molecule has 1 amide bonds. The van der Waals surface area contributed by atoms with Crippen LogP contribution < -0.4 is 19.5 Å². The third-order valence-corrected chi connectivity index (χ3v) is 5.84. The fourth-order valence-electron chi connectivity index (χ4n) is 3.93. The predicted octanol–water partition coefficient (Wildman–Crippen LogP) is 4.33. The number of amides is 1. The average molecular weight is 513 g/mol. The zero-order chi connectivity index (χ0) is 26.9. The molecule has 12 heteroatoms. The molecule has 4 aromatic rings. The minimum Gasteiger partial charge on any atom is -0.497 e. The molecule has 2 N–H and O–H groups in total. The van der Waals surface area contributed by atoms with Gasteiger partial charge < -0.3 is 24.6 Å². The number of rotatable bonds is 8. The monoisotopic (exact) mass is 512 g/mol. The molecular weight excluding hydrogens is 483 g/mol. The lowest BCUT2D eigenvalue weighted by molar-refractivity contribution is 0.0938. The zero-order valence-corrected chi connectivity index (χ0v) is 21.5. The van der Waals surface area contributed by atoms with Gasteiger partial charge in [-0.1, -0.05) is 0 Å². The van der Waals surface area contributed by atoms with Crippen molar-refractivity contribution in [2.24, 2.45) is 0 Å². The molecule has 0 aliphatic carbocycles. The normalized spacial score (nSPS) is 11.5. The maximum Gasteiger partial charge on any atom is 0.408 e. The molecular formula is C25H29FN6O5. The second-order valence-corrected chi connectivity index (χ2v) is 9.27. The number of hydrogen-bond acceptors (Lipinski definition) is 8. The van der Waals surface area contributed by atoms with Gasteiger partial charge in [0.15, 0.2) is 11.5 Å². The first-order valence-corrected chi connectivity index (χ1v) is 11.4. The lowest BCUT2D eigenvalue weighted by Crippen LogP contribution is -2.44. The number of hydrogen-bond donors (Lipinski definition) is 2. The van der Waals surface area contributed by atoms with Gasteiger partial charge in [-0.05, 0) is 39.0 Å². The van der Waals surface area contributed by atoms with Crippen LogP contribution >= 0.6 is 0 Å². The molecule has 2 aromatic carbocycles. The largest absolute Gasteiger partial charge is 0.497 e. The van der Waals surface area contributed by atoms with E-state index in [9.17, 15) is 14.3 Å². The summed E-state index contributed by atoms with van der Waals surface area (Å²) >= 11 is 0. The van der Waals surface area contributed by atoms with Crippen LogP contribution in [0.3, 0.4) is 0 Å². The fourth-order valence-corrected chi connectivity index (χ4v) is 3.93. The number of carbonyl (C=O) groups is 1. The van der Waals surface area contributed by atoms with Crippen molar-refractivity contribution in [2.45, 2.75) is 39.4 Å². The van der Waals surface area contributed by atoms with Crippen LogP contribution in [0.5, 0.6) is 17.2 Å². The standard InChI is InChI=1S/C25H29FN6O5/c1-25(2,3)31(24(33)34)13-20-28-22-17-9-15(26)10-19(37-6)21(17)29-23(32(22)30-20)27-12-14-7-8-16(35-4)11-18(14)36-5/h7-11H,12-13H2,1-6H3,(H,27,29)(H,33,34). The smallest absolute Gasteiger partial charge is 0.408 e. The van der Waals surface area contributed by atoms with E-state index < -0.39 is 17.4 Å². The van der Waals surface area contributed by atoms with Gasteiger partial charge >= 0.3 is 6.09 Å². The molecule has 2 aromatic heterocycles. The highest BCUT2D eigenvalue weighted by Gasteiger charge is 2.28. The number of nitrogens with zero attached hydrogens (tertiary/aromatic N) is 5. The Kier molecular flexibility index (Phi) is 6.92. The first-order valence-electron chi connectivity index (χ1n) is 11.4. The van der Waals surface area contributed by atoms with Crippen LogP contribution in [-0.2, 0) is 13.1 Å². The molecule has 4 rings (SSSR count). The van der Waals surface area contributed by atoms with Gasteiger partial charge in [-0.15, -0.1) is 5.10 Å². The van der Waals surface area contributed by atoms with Gasteiger partial charge in [0.05, 0.1) is 33.3 Å². The summed E-state index contributed by atoms with van der Waals surface area (Å²) in [6, 6.07) is 7.99. The molecule has 37 heavy (non-hydrogen) atoms. The van der Waals surface area contributed by atoms with Gasteiger partial charge in [0, 0.05) is 29.8 Å². The second kappa shape index (κ2) is 9.96. The molecule has 2 heterocycles. The Morgan fingerprint density at radius 3 is 2.43 bits per heavy atom. The Labute approximate surface area is 212 Å². The lowest BCUT2D eigenvalue weighted by Gasteiger charge is -2.32. The number of fused-ring (bicyclic) bond motifs is 3. The third-order valence-electron chi connectivity index (χ3n) is 5.84. The molecule has 0 unspecified atom stereocenters. The van der Waals surface area contributed by atoms with Crippen molar-refractivity contribution in [3.8, 4) is 17.2 Å². The van der Waals surface area contributed by atoms with E-state index in [4.69, 9.17) is 14.2 Å². The number of anilines is 1. The lowest BCUT2D eigenvalue weighted by atomic mass is 10.1. The van der Waals surface area contributed by atoms with Gasteiger partial charge in [0.2, 0.25) is 5.95 Å². The first kappa shape index (κ1) is 25.7. The van der Waals surface area contributed by atoms with Crippen LogP contribution in [0.15, 0.2) is 30.3 Å². The Hall–Kier alpha value is -4.35. The topological polar surface area (TPSA) is 123 Å². The Morgan fingerprint density at radius 1 is 1.08 bits per heavy atom. The summed E-state index contributed by atoms with van der Waals surface area (Å²) in [5, 5.41) is 17.9. The van der Waals surface area contributed by atoms with Crippen molar-refractivity contribution in [2.75, 3.05) is 26.6 Å². The number of halogens is 1. The van der Waals surface area contributed by atoms with Gasteiger partial charge in [0.25, 0.3) is 0 Å². The summed E-state index contributed by atoms with van der Waals surface area (Å²) in [5.74, 6) is 1.52. The van der Waals surface area contributed by atoms with E-state index in [1.165, 1.54) is 28.7 Å². The Bertz CT molecular complexity index is 1470. The van der Waals surface area contributed by atoms with Crippen molar-refractivity contribution >= 4 is 28.6 Å². The predicted molar refractivity (Wildman–Crippen MR) is 135 cm³/mol. The number of aromatic nitrogens is 4. The van der Waals surface area contributed by atoms with E-state index in [1.807, 2.05) is 12.1 Å². The summed E-state index contributed by atoms with van der Waals surface area (Å²) < 4.78 is 32.0. The van der Waals surface area contributed by atoms with E-state index in [0.717, 1.165) is 5.56 Å². The van der Waals surface area contributed by atoms with Crippen molar-refractivity contribution in [3.05, 3.63) is 47.5 Å². The second-order valence-electron chi connectivity index (χ2n) is 9.27. The van der Waals surface area contributed by atoms with E-state index in [0.29, 0.717) is 40.5 Å². The van der Waals surface area contributed by atoms with Crippen molar-refractivity contribution in [3.63, 3.8) is 0 Å². The van der Waals surface area contributed by atoms with E-state index in [1.54, 1.807) is 41.1 Å². The van der Waals surface area contributed by atoms with Gasteiger partial charge in [-0.2, -0.15) is 4.52 Å². The van der Waals surface area contributed by atoms with E-state index in [-0.39, 0.29) is 18.1 Å². The quantitative estimate of drug-likeness (QED) is 0.355. The van der Waals surface area contributed by atoms with Crippen molar-refractivity contribution in [1.82, 2.24) is 24.5 Å². The average Bonchev–Trinajstić information content (AvgIpc) is 3.29. The maximum atomic E-state index is 14.4. The van der Waals surface area contributed by atoms with Crippen LogP contribution in [0.4, 0.5) is 15.1 Å². The van der Waals surface area contributed by atoms with E-state index >= 15 is 0 Å². The molecule has 11 nitrogen and oxygen atoms in total. The summed E-state index contributed by atoms with van der Waals surface area (Å²) in [6.07, 6.45) is -1.10. The van der Waals surface area contributed by atoms with Crippen LogP contribution in [0.2, 0.25) is 0 Å². The number of benzene rings is 2. The Morgan fingerprint density at radius 2 is 1.81 bits per heavy atom. The number of methoxy groups -OCH3 is 3. The fraction of sp³-hybridized carbons (Fsp3) is 0.360. The van der Waals surface area contributed by atoms with Gasteiger partial charge in [-0.3, -0.25) is 4.90 Å². The molecule has 0 atom stereocenters. The zero-order valence-electron chi connectivity index (χ0n) is 21.5. The Balaban J connectivity index is 1.83. The molecule has 0 bridgehead atoms. The SMILES string of the molecule is COc1ccc(CNc2nc3c(OC)cc(F)cc3c3nc(CN(C(=O)O)C(C)(C)C)nn23)c(OC)c1. The van der Waals surface area contributed by atoms with E-state index in [2.05, 4.69) is 20.4 Å². The molecule has 0 fully saturated rings. The summed E-state index contributed by atoms with van der Waals surface area (Å²) in [6.45, 7) is 5.58. The molecule has 0 saturated heterocycles. The summed E-state index contributed by atoms with van der Waals surface area (Å²) in [7, 11) is 4.57. The summed E-state index contributed by atoms with van der Waals surface area (Å²) in [5.41, 5.74) is 0.826. The highest BCUT2D eigenvalue weighted by molar-refractivity contribution is 5.96. The van der Waals surface area contributed by atoms with Crippen molar-refractivity contribution in [1.29, 1.82) is 0 Å². The molecule has 0 saturated carbocycles. The highest BCUT2D eigenvalue weighted by Crippen LogP contribution is 2.31. The maximum absolute atomic E-state index is 14.4. The highest BCUT2D eigenvalue weighted by atomic mass is 19.1. The van der Waals surface area contributed by atoms with Crippen LogP contribution in [0.1, 0.15) is 32.2 Å². The number of ether oxygens (including phenoxy) is 3. The minimum absolute atomic E-state index is 0.0692. The van der Waals surface area contributed by atoms with Crippen molar-refractivity contribution < 1.29 is 28.5 Å². The van der Waals surface area contributed by atoms with Crippen LogP contribution in [0.25, 0.3) is 16.6 Å². The molecule has 196 valence electrons. The third kappa shape index (κ3) is 5.13. The molecule has 0 radical (unpaired) electrons. The number of nitrogens with one attached hydrogen (secondary N) is 1. The number of carboxylic acid groups (broad SMARTS) is 1. The first-order chi connectivity index (χ1) is 17.5. The summed E-state index contributed by atoms with van der Waals surface area (Å²) in [4.78, 5) is 22.3. The van der Waals surface area contributed by atoms with Gasteiger partial charge in [-0.25, -0.2) is 19.2 Å². The molecule has 0 spiro atoms. The van der Waals surface area contributed by atoms with Crippen LogP contribution in [-0.4, -0.2) is 62.6 Å². The van der Waals surface area contributed by atoms with Crippen LogP contribution in [0, 0.1) is 5.82 Å².